The molecule has 6 heteroatoms. The van der Waals surface area contributed by atoms with Crippen molar-refractivity contribution in [3.05, 3.63) is 93.7 Å². The Morgan fingerprint density at radius 2 is 1.66 bits per heavy atom. The summed E-state index contributed by atoms with van der Waals surface area (Å²) in [7, 11) is 0. The van der Waals surface area contributed by atoms with E-state index in [-0.39, 0.29) is 6.04 Å². The van der Waals surface area contributed by atoms with Gasteiger partial charge in [0.25, 0.3) is 0 Å². The van der Waals surface area contributed by atoms with Gasteiger partial charge >= 0.3 is 6.03 Å². The maximum absolute atomic E-state index is 13.0. The van der Waals surface area contributed by atoms with Crippen LogP contribution in [-0.4, -0.2) is 18.5 Å². The Balaban J connectivity index is 1.93. The summed E-state index contributed by atoms with van der Waals surface area (Å²) in [6, 6.07) is 20.4. The molecule has 29 heavy (non-hydrogen) atoms. The van der Waals surface area contributed by atoms with Gasteiger partial charge in [0.2, 0.25) is 5.91 Å². The lowest BCUT2D eigenvalue weighted by atomic mass is 9.99. The standard InChI is InChI=1S/C23H25N3O2S/c1-3-24-23(28)26-22(27)21(17-8-5-4-6-9-17)25-20(19-10-7-15-29-19)18-13-11-16(2)12-14-18/h4-15,20-21,25H,3H2,1-2H3,(H2,24,26,27,28)/t20-,21+/m0/s1. The lowest BCUT2D eigenvalue weighted by molar-refractivity contribution is -0.122. The molecule has 3 rings (SSSR count). The van der Waals surface area contributed by atoms with E-state index in [1.54, 1.807) is 18.3 Å². The monoisotopic (exact) mass is 407 g/mol. The van der Waals surface area contributed by atoms with Crippen molar-refractivity contribution >= 4 is 23.3 Å². The number of carbonyl (C=O) groups excluding carboxylic acids is 2. The van der Waals surface area contributed by atoms with Crippen LogP contribution in [0.1, 0.15) is 40.6 Å². The minimum atomic E-state index is -0.688. The third kappa shape index (κ3) is 5.53. The summed E-state index contributed by atoms with van der Waals surface area (Å²) >= 11 is 1.63. The molecule has 150 valence electrons. The molecule has 0 radical (unpaired) electrons. The highest BCUT2D eigenvalue weighted by Crippen LogP contribution is 2.29. The molecule has 0 unspecified atom stereocenters. The summed E-state index contributed by atoms with van der Waals surface area (Å²) in [5, 5.41) is 10.5. The fourth-order valence-corrected chi connectivity index (χ4v) is 3.89. The van der Waals surface area contributed by atoms with Crippen LogP contribution in [0.5, 0.6) is 0 Å². The van der Waals surface area contributed by atoms with E-state index < -0.39 is 18.0 Å². The van der Waals surface area contributed by atoms with Crippen molar-refractivity contribution in [2.24, 2.45) is 0 Å². The fraction of sp³-hybridized carbons (Fsp3) is 0.217. The molecule has 3 aromatic rings. The third-order valence-electron chi connectivity index (χ3n) is 4.54. The largest absolute Gasteiger partial charge is 0.338 e. The number of nitrogens with one attached hydrogen (secondary N) is 3. The number of hydrogen-bond donors (Lipinski definition) is 3. The van der Waals surface area contributed by atoms with Crippen molar-refractivity contribution in [2.75, 3.05) is 6.54 Å². The maximum Gasteiger partial charge on any atom is 0.321 e. The van der Waals surface area contributed by atoms with Gasteiger partial charge in [-0.1, -0.05) is 66.2 Å². The lowest BCUT2D eigenvalue weighted by Crippen LogP contribution is -2.45. The number of carbonyl (C=O) groups is 2. The highest BCUT2D eigenvalue weighted by Gasteiger charge is 2.27. The second kappa shape index (κ2) is 10.0. The number of rotatable bonds is 7. The van der Waals surface area contributed by atoms with E-state index >= 15 is 0 Å². The van der Waals surface area contributed by atoms with Crippen molar-refractivity contribution in [3.8, 4) is 0 Å². The van der Waals surface area contributed by atoms with Crippen molar-refractivity contribution in [2.45, 2.75) is 25.9 Å². The number of aryl methyl sites for hydroxylation is 1. The van der Waals surface area contributed by atoms with E-state index in [9.17, 15) is 9.59 Å². The van der Waals surface area contributed by atoms with Gasteiger partial charge in [-0.25, -0.2) is 4.79 Å². The Morgan fingerprint density at radius 3 is 2.28 bits per heavy atom. The molecule has 5 nitrogen and oxygen atoms in total. The highest BCUT2D eigenvalue weighted by atomic mass is 32.1. The molecule has 0 spiro atoms. The molecule has 0 bridgehead atoms. The second-order valence-electron chi connectivity index (χ2n) is 6.72. The highest BCUT2D eigenvalue weighted by molar-refractivity contribution is 7.10. The first-order valence-corrected chi connectivity index (χ1v) is 10.5. The van der Waals surface area contributed by atoms with Crippen LogP contribution in [0.15, 0.2) is 72.1 Å². The van der Waals surface area contributed by atoms with Crippen LogP contribution in [-0.2, 0) is 4.79 Å². The van der Waals surface area contributed by atoms with Crippen LogP contribution >= 0.6 is 11.3 Å². The topological polar surface area (TPSA) is 70.2 Å². The molecule has 0 aliphatic heterocycles. The quantitative estimate of drug-likeness (QED) is 0.546. The zero-order valence-corrected chi connectivity index (χ0v) is 17.3. The summed E-state index contributed by atoms with van der Waals surface area (Å²) in [6.45, 7) is 4.30. The first kappa shape index (κ1) is 20.8. The van der Waals surface area contributed by atoms with E-state index in [0.717, 1.165) is 16.0 Å². The lowest BCUT2D eigenvalue weighted by Gasteiger charge is -2.25. The Kier molecular flexibility index (Phi) is 7.16. The molecule has 1 heterocycles. The number of amides is 3. The van der Waals surface area contributed by atoms with Crippen molar-refractivity contribution in [1.29, 1.82) is 0 Å². The van der Waals surface area contributed by atoms with E-state index in [1.165, 1.54) is 5.56 Å². The van der Waals surface area contributed by atoms with Gasteiger partial charge < -0.3 is 5.32 Å². The first-order chi connectivity index (χ1) is 14.1. The molecule has 0 aliphatic carbocycles. The average molecular weight is 408 g/mol. The van der Waals surface area contributed by atoms with Gasteiger partial charge in [0.15, 0.2) is 0 Å². The number of imide groups is 1. The van der Waals surface area contributed by atoms with Gasteiger partial charge in [-0.2, -0.15) is 0 Å². The summed E-state index contributed by atoms with van der Waals surface area (Å²) in [6.07, 6.45) is 0. The zero-order valence-electron chi connectivity index (χ0n) is 16.5. The van der Waals surface area contributed by atoms with Crippen LogP contribution in [0.3, 0.4) is 0 Å². The summed E-state index contributed by atoms with van der Waals surface area (Å²) in [4.78, 5) is 26.0. The molecule has 2 aromatic carbocycles. The smallest absolute Gasteiger partial charge is 0.321 e. The zero-order chi connectivity index (χ0) is 20.6. The van der Waals surface area contributed by atoms with Crippen molar-refractivity contribution < 1.29 is 9.59 Å². The SMILES string of the molecule is CCNC(=O)NC(=O)[C@H](N[C@@H](c1ccc(C)cc1)c1cccs1)c1ccccc1. The van der Waals surface area contributed by atoms with Crippen LogP contribution in [0.2, 0.25) is 0 Å². The third-order valence-corrected chi connectivity index (χ3v) is 5.48. The van der Waals surface area contributed by atoms with Crippen molar-refractivity contribution in [1.82, 2.24) is 16.0 Å². The van der Waals surface area contributed by atoms with E-state index in [1.807, 2.05) is 54.8 Å². The Hall–Kier alpha value is -2.96. The molecule has 0 saturated heterocycles. The predicted molar refractivity (Wildman–Crippen MR) is 117 cm³/mol. The molecule has 2 atom stereocenters. The Labute approximate surface area is 175 Å². The van der Waals surface area contributed by atoms with Crippen LogP contribution in [0.25, 0.3) is 0 Å². The number of urea groups is 1. The molecular formula is C23H25N3O2S. The maximum atomic E-state index is 13.0. The van der Waals surface area contributed by atoms with Crippen LogP contribution in [0, 0.1) is 6.92 Å². The summed E-state index contributed by atoms with van der Waals surface area (Å²) in [5.41, 5.74) is 3.03. The molecule has 0 fully saturated rings. The average Bonchev–Trinajstić information content (AvgIpc) is 3.25. The summed E-state index contributed by atoms with van der Waals surface area (Å²) in [5.74, 6) is -0.393. The normalized spacial score (nSPS) is 12.8. The van der Waals surface area contributed by atoms with Gasteiger partial charge in [-0.05, 0) is 36.4 Å². The molecule has 3 N–H and O–H groups in total. The van der Waals surface area contributed by atoms with E-state index in [0.29, 0.717) is 6.54 Å². The summed E-state index contributed by atoms with van der Waals surface area (Å²) < 4.78 is 0. The van der Waals surface area contributed by atoms with Gasteiger partial charge in [-0.3, -0.25) is 15.4 Å². The van der Waals surface area contributed by atoms with Gasteiger partial charge in [0.1, 0.15) is 6.04 Å². The predicted octanol–water partition coefficient (Wildman–Crippen LogP) is 4.32. The van der Waals surface area contributed by atoms with Crippen LogP contribution in [0.4, 0.5) is 4.79 Å². The van der Waals surface area contributed by atoms with Gasteiger partial charge in [0.05, 0.1) is 6.04 Å². The Bertz CT molecular complexity index is 925. The second-order valence-corrected chi connectivity index (χ2v) is 7.70. The molecule has 0 saturated carbocycles. The number of benzene rings is 2. The molecule has 1 aromatic heterocycles. The fourth-order valence-electron chi connectivity index (χ4n) is 3.08. The molecular weight excluding hydrogens is 382 g/mol. The number of thiophene rings is 1. The molecule has 3 amide bonds. The van der Waals surface area contributed by atoms with E-state index in [4.69, 9.17) is 0 Å². The first-order valence-electron chi connectivity index (χ1n) is 9.58. The van der Waals surface area contributed by atoms with Crippen LogP contribution < -0.4 is 16.0 Å². The Morgan fingerprint density at radius 1 is 0.931 bits per heavy atom. The minimum Gasteiger partial charge on any atom is -0.338 e. The van der Waals surface area contributed by atoms with E-state index in [2.05, 4.69) is 40.2 Å². The van der Waals surface area contributed by atoms with Gasteiger partial charge in [-0.15, -0.1) is 11.3 Å². The number of hydrogen-bond acceptors (Lipinski definition) is 4. The van der Waals surface area contributed by atoms with Gasteiger partial charge in [0, 0.05) is 11.4 Å². The van der Waals surface area contributed by atoms with Crippen molar-refractivity contribution in [3.63, 3.8) is 0 Å². The minimum absolute atomic E-state index is 0.180. The molecule has 0 aliphatic rings.